The van der Waals surface area contributed by atoms with Crippen molar-refractivity contribution in [1.29, 1.82) is 5.26 Å². The van der Waals surface area contributed by atoms with E-state index in [9.17, 15) is 8.42 Å². The van der Waals surface area contributed by atoms with Gasteiger partial charge in [-0.3, -0.25) is 0 Å². The lowest BCUT2D eigenvalue weighted by Gasteiger charge is -2.32. The smallest absolute Gasteiger partial charge is 0.207 e. The van der Waals surface area contributed by atoms with Gasteiger partial charge in [-0.05, 0) is 30.5 Å². The molecule has 4 nitrogen and oxygen atoms in total. The fourth-order valence-corrected chi connectivity index (χ4v) is 4.69. The molecule has 1 aromatic carbocycles. The van der Waals surface area contributed by atoms with E-state index in [2.05, 4.69) is 6.07 Å². The van der Waals surface area contributed by atoms with E-state index < -0.39 is 10.0 Å². The molecule has 0 saturated heterocycles. The summed E-state index contributed by atoms with van der Waals surface area (Å²) in [7, 11) is -3.43. The molecule has 21 heavy (non-hydrogen) atoms. The molecule has 1 fully saturated rings. The van der Waals surface area contributed by atoms with E-state index in [-0.39, 0.29) is 6.04 Å². The van der Waals surface area contributed by atoms with E-state index in [4.69, 9.17) is 5.26 Å². The Hall–Kier alpha value is -1.38. The average molecular weight is 306 g/mol. The Labute approximate surface area is 127 Å². The van der Waals surface area contributed by atoms with E-state index in [0.717, 1.165) is 31.2 Å². The first-order valence-electron chi connectivity index (χ1n) is 7.57. The van der Waals surface area contributed by atoms with Gasteiger partial charge in [0, 0.05) is 12.6 Å². The SMILES string of the molecule is CCN(C1CCCCC1)S(=O)(=O)c1ccc(CC#N)cc1. The van der Waals surface area contributed by atoms with Gasteiger partial charge in [-0.2, -0.15) is 9.57 Å². The lowest BCUT2D eigenvalue weighted by atomic mass is 9.95. The number of benzene rings is 1. The summed E-state index contributed by atoms with van der Waals surface area (Å²) in [5, 5.41) is 8.67. The third kappa shape index (κ3) is 3.63. The predicted octanol–water partition coefficient (Wildman–Crippen LogP) is 3.10. The number of nitrogens with zero attached hydrogens (tertiary/aromatic N) is 2. The lowest BCUT2D eigenvalue weighted by Crippen LogP contribution is -2.41. The Morgan fingerprint density at radius 3 is 2.33 bits per heavy atom. The molecule has 0 aromatic heterocycles. The maximum atomic E-state index is 12.8. The van der Waals surface area contributed by atoms with Crippen molar-refractivity contribution >= 4 is 10.0 Å². The van der Waals surface area contributed by atoms with Crippen molar-refractivity contribution in [2.45, 2.75) is 56.4 Å². The van der Waals surface area contributed by atoms with Crippen molar-refractivity contribution in [2.75, 3.05) is 6.54 Å². The van der Waals surface area contributed by atoms with Crippen molar-refractivity contribution in [3.8, 4) is 6.07 Å². The van der Waals surface area contributed by atoms with Crippen LogP contribution in [0, 0.1) is 11.3 Å². The Morgan fingerprint density at radius 1 is 1.19 bits per heavy atom. The fourth-order valence-electron chi connectivity index (χ4n) is 3.00. The maximum absolute atomic E-state index is 12.8. The zero-order chi connectivity index (χ0) is 15.3. The molecule has 0 aliphatic heterocycles. The summed E-state index contributed by atoms with van der Waals surface area (Å²) in [5.41, 5.74) is 0.845. The minimum atomic E-state index is -3.43. The van der Waals surface area contributed by atoms with E-state index in [1.165, 1.54) is 6.42 Å². The monoisotopic (exact) mass is 306 g/mol. The van der Waals surface area contributed by atoms with Crippen LogP contribution >= 0.6 is 0 Å². The Balaban J connectivity index is 2.24. The zero-order valence-electron chi connectivity index (χ0n) is 12.5. The van der Waals surface area contributed by atoms with Crippen LogP contribution in [0.4, 0.5) is 0 Å². The zero-order valence-corrected chi connectivity index (χ0v) is 13.3. The lowest BCUT2D eigenvalue weighted by molar-refractivity contribution is 0.261. The first-order chi connectivity index (χ1) is 10.1. The molecule has 1 aromatic rings. The summed E-state index contributed by atoms with van der Waals surface area (Å²) in [6, 6.07) is 8.89. The second-order valence-corrected chi connectivity index (χ2v) is 7.37. The predicted molar refractivity (Wildman–Crippen MR) is 82.2 cm³/mol. The van der Waals surface area contributed by atoms with Gasteiger partial charge in [0.25, 0.3) is 0 Å². The highest BCUT2D eigenvalue weighted by Crippen LogP contribution is 2.27. The highest BCUT2D eigenvalue weighted by atomic mass is 32.2. The number of hydrogen-bond acceptors (Lipinski definition) is 3. The third-order valence-electron chi connectivity index (χ3n) is 4.11. The van der Waals surface area contributed by atoms with Crippen LogP contribution in [-0.2, 0) is 16.4 Å². The van der Waals surface area contributed by atoms with Gasteiger partial charge in [-0.1, -0.05) is 38.3 Å². The van der Waals surface area contributed by atoms with Crippen LogP contribution in [-0.4, -0.2) is 25.3 Å². The van der Waals surface area contributed by atoms with Gasteiger partial charge in [0.15, 0.2) is 0 Å². The highest BCUT2D eigenvalue weighted by molar-refractivity contribution is 7.89. The Bertz CT molecular complexity index is 596. The molecular formula is C16H22N2O2S. The largest absolute Gasteiger partial charge is 0.243 e. The van der Waals surface area contributed by atoms with E-state index >= 15 is 0 Å². The fraction of sp³-hybridized carbons (Fsp3) is 0.562. The van der Waals surface area contributed by atoms with E-state index in [1.54, 1.807) is 28.6 Å². The molecule has 0 spiro atoms. The average Bonchev–Trinajstić information content (AvgIpc) is 2.50. The molecule has 114 valence electrons. The molecule has 0 heterocycles. The van der Waals surface area contributed by atoms with Gasteiger partial charge in [-0.25, -0.2) is 8.42 Å². The molecule has 1 saturated carbocycles. The van der Waals surface area contributed by atoms with Crippen molar-refractivity contribution in [1.82, 2.24) is 4.31 Å². The van der Waals surface area contributed by atoms with Crippen molar-refractivity contribution in [3.05, 3.63) is 29.8 Å². The molecule has 0 bridgehead atoms. The van der Waals surface area contributed by atoms with Crippen LogP contribution in [0.25, 0.3) is 0 Å². The third-order valence-corrected chi connectivity index (χ3v) is 6.15. The second-order valence-electron chi connectivity index (χ2n) is 5.48. The molecule has 1 aliphatic rings. The highest BCUT2D eigenvalue weighted by Gasteiger charge is 2.30. The first kappa shape index (κ1) is 16.0. The van der Waals surface area contributed by atoms with Gasteiger partial charge in [0.2, 0.25) is 10.0 Å². The molecule has 2 rings (SSSR count). The van der Waals surface area contributed by atoms with Crippen LogP contribution < -0.4 is 0 Å². The van der Waals surface area contributed by atoms with Gasteiger partial charge >= 0.3 is 0 Å². The van der Waals surface area contributed by atoms with E-state index in [0.29, 0.717) is 17.9 Å². The molecule has 0 atom stereocenters. The minimum Gasteiger partial charge on any atom is -0.207 e. The molecule has 0 unspecified atom stereocenters. The first-order valence-corrected chi connectivity index (χ1v) is 9.01. The Kier molecular flexibility index (Phi) is 5.38. The summed E-state index contributed by atoms with van der Waals surface area (Å²) >= 11 is 0. The summed E-state index contributed by atoms with van der Waals surface area (Å²) in [6.07, 6.45) is 5.65. The van der Waals surface area contributed by atoms with Crippen LogP contribution in [0.2, 0.25) is 0 Å². The number of sulfonamides is 1. The molecule has 5 heteroatoms. The second kappa shape index (κ2) is 7.06. The van der Waals surface area contributed by atoms with Crippen molar-refractivity contribution < 1.29 is 8.42 Å². The van der Waals surface area contributed by atoms with Gasteiger partial charge in [-0.15, -0.1) is 0 Å². The van der Waals surface area contributed by atoms with Crippen LogP contribution in [0.1, 0.15) is 44.6 Å². The topological polar surface area (TPSA) is 61.2 Å². The summed E-state index contributed by atoms with van der Waals surface area (Å²) in [4.78, 5) is 0.330. The number of nitriles is 1. The summed E-state index contributed by atoms with van der Waals surface area (Å²) in [5.74, 6) is 0. The normalized spacial score (nSPS) is 16.8. The summed E-state index contributed by atoms with van der Waals surface area (Å²) in [6.45, 7) is 2.41. The van der Waals surface area contributed by atoms with Crippen LogP contribution in [0.15, 0.2) is 29.2 Å². The van der Waals surface area contributed by atoms with Gasteiger partial charge in [0.1, 0.15) is 0 Å². The molecule has 0 radical (unpaired) electrons. The minimum absolute atomic E-state index is 0.132. The standard InChI is InChI=1S/C16H22N2O2S/c1-2-18(15-6-4-3-5-7-15)21(19,20)16-10-8-14(9-11-16)12-13-17/h8-11,15H,2-7,12H2,1H3. The van der Waals surface area contributed by atoms with Crippen LogP contribution in [0.3, 0.4) is 0 Å². The Morgan fingerprint density at radius 2 is 1.81 bits per heavy atom. The molecule has 0 N–H and O–H groups in total. The van der Waals surface area contributed by atoms with Gasteiger partial charge in [0.05, 0.1) is 17.4 Å². The van der Waals surface area contributed by atoms with E-state index in [1.807, 2.05) is 6.92 Å². The maximum Gasteiger partial charge on any atom is 0.243 e. The van der Waals surface area contributed by atoms with Crippen molar-refractivity contribution in [3.63, 3.8) is 0 Å². The molecule has 0 amide bonds. The number of hydrogen-bond donors (Lipinski definition) is 0. The number of rotatable bonds is 5. The molecule has 1 aliphatic carbocycles. The van der Waals surface area contributed by atoms with Crippen molar-refractivity contribution in [2.24, 2.45) is 0 Å². The summed E-state index contributed by atoms with van der Waals surface area (Å²) < 4.78 is 27.2. The quantitative estimate of drug-likeness (QED) is 0.840. The van der Waals surface area contributed by atoms with Gasteiger partial charge < -0.3 is 0 Å². The molecular weight excluding hydrogens is 284 g/mol. The van der Waals surface area contributed by atoms with Crippen LogP contribution in [0.5, 0.6) is 0 Å².